The van der Waals surface area contributed by atoms with Crippen molar-refractivity contribution in [3.63, 3.8) is 0 Å². The van der Waals surface area contributed by atoms with E-state index in [1.807, 2.05) is 42.5 Å². The lowest BCUT2D eigenvalue weighted by Crippen LogP contribution is -2.05. The molecule has 4 aromatic rings. The molecular weight excluding hydrogens is 349 g/mol. The molecule has 0 amide bonds. The van der Waals surface area contributed by atoms with Gasteiger partial charge >= 0.3 is 0 Å². The van der Waals surface area contributed by atoms with Crippen molar-refractivity contribution < 1.29 is 4.39 Å². The number of aryl methyl sites for hydroxylation is 2. The zero-order valence-electron chi connectivity index (χ0n) is 15.0. The van der Waals surface area contributed by atoms with Gasteiger partial charge in [0.1, 0.15) is 23.1 Å². The zero-order chi connectivity index (χ0) is 19.1. The minimum atomic E-state index is -0.475. The minimum Gasteiger partial charge on any atom is -0.368 e. The van der Waals surface area contributed by atoms with E-state index < -0.39 is 5.82 Å². The highest BCUT2D eigenvalue weighted by molar-refractivity contribution is 5.93. The summed E-state index contributed by atoms with van der Waals surface area (Å²) in [6, 6.07) is 0. The molecule has 10 heteroatoms. The second-order valence-corrected chi connectivity index (χ2v) is 6.35. The molecule has 0 radical (unpaired) electrons. The van der Waals surface area contributed by atoms with Crippen LogP contribution in [0.15, 0.2) is 31.1 Å². The van der Waals surface area contributed by atoms with Crippen LogP contribution in [-0.2, 0) is 14.1 Å². The van der Waals surface area contributed by atoms with Gasteiger partial charge in [0.05, 0.1) is 24.1 Å². The Morgan fingerprint density at radius 1 is 1.11 bits per heavy atom. The summed E-state index contributed by atoms with van der Waals surface area (Å²) in [4.78, 5) is 21.2. The third kappa shape index (κ3) is 3.05. The number of nitrogens with one attached hydrogen (secondary N) is 1. The molecule has 4 heterocycles. The van der Waals surface area contributed by atoms with Gasteiger partial charge in [0.2, 0.25) is 5.95 Å². The molecule has 27 heavy (non-hydrogen) atoms. The van der Waals surface area contributed by atoms with Crippen LogP contribution in [0, 0.1) is 5.82 Å². The summed E-state index contributed by atoms with van der Waals surface area (Å²) in [7, 11) is 3.76. The maximum Gasteiger partial charge on any atom is 0.224 e. The predicted octanol–water partition coefficient (Wildman–Crippen LogP) is 2.11. The lowest BCUT2D eigenvalue weighted by Gasteiger charge is -2.11. The van der Waals surface area contributed by atoms with Crippen molar-refractivity contribution in [2.75, 3.05) is 11.1 Å². The highest BCUT2D eigenvalue weighted by atomic mass is 19.1. The van der Waals surface area contributed by atoms with E-state index in [1.165, 1.54) is 0 Å². The molecule has 0 aliphatic rings. The number of hydrogen-bond donors (Lipinski definition) is 2. The van der Waals surface area contributed by atoms with E-state index in [-0.39, 0.29) is 11.9 Å². The Balaban J connectivity index is 1.86. The molecule has 0 spiro atoms. The average Bonchev–Trinajstić information content (AvgIpc) is 3.18. The molecule has 0 aliphatic carbocycles. The number of anilines is 3. The Morgan fingerprint density at radius 3 is 2.52 bits per heavy atom. The number of nitrogen functional groups attached to an aromatic ring is 1. The fourth-order valence-electron chi connectivity index (χ4n) is 3.02. The summed E-state index contributed by atoms with van der Waals surface area (Å²) in [6.45, 7) is 1.95. The molecule has 4 aromatic heterocycles. The van der Waals surface area contributed by atoms with E-state index >= 15 is 0 Å². The molecule has 1 atom stereocenters. The first-order chi connectivity index (χ1) is 12.9. The van der Waals surface area contributed by atoms with Crippen LogP contribution < -0.4 is 11.1 Å². The van der Waals surface area contributed by atoms with Crippen molar-refractivity contribution in [2.24, 2.45) is 14.1 Å². The van der Waals surface area contributed by atoms with Crippen LogP contribution in [0.2, 0.25) is 0 Å². The molecule has 138 valence electrons. The highest BCUT2D eigenvalue weighted by Gasteiger charge is 2.22. The van der Waals surface area contributed by atoms with Crippen LogP contribution >= 0.6 is 0 Å². The second-order valence-electron chi connectivity index (χ2n) is 6.35. The number of halogens is 1. The number of aromatic nitrogens is 7. The molecule has 0 unspecified atom stereocenters. The zero-order valence-corrected chi connectivity index (χ0v) is 15.0. The van der Waals surface area contributed by atoms with Gasteiger partial charge in [0.15, 0.2) is 5.82 Å². The van der Waals surface area contributed by atoms with Crippen molar-refractivity contribution in [3.8, 4) is 0 Å². The quantitative estimate of drug-likeness (QED) is 0.568. The molecule has 3 N–H and O–H groups in total. The number of imidazole rings is 1. The third-order valence-electron chi connectivity index (χ3n) is 4.31. The van der Waals surface area contributed by atoms with Gasteiger partial charge in [-0.3, -0.25) is 0 Å². The van der Waals surface area contributed by atoms with Gasteiger partial charge < -0.3 is 20.2 Å². The second kappa shape index (κ2) is 6.31. The Labute approximate surface area is 154 Å². The molecule has 9 nitrogen and oxygen atoms in total. The Kier molecular flexibility index (Phi) is 3.94. The Hall–Kier alpha value is -3.56. The fourth-order valence-corrected chi connectivity index (χ4v) is 3.02. The van der Waals surface area contributed by atoms with Crippen molar-refractivity contribution >= 4 is 28.6 Å². The van der Waals surface area contributed by atoms with E-state index in [4.69, 9.17) is 5.73 Å². The molecule has 0 saturated heterocycles. The summed E-state index contributed by atoms with van der Waals surface area (Å²) < 4.78 is 16.9. The van der Waals surface area contributed by atoms with Crippen LogP contribution in [0.3, 0.4) is 0 Å². The number of fused-ring (bicyclic) bond motifs is 1. The number of nitrogens with two attached hydrogens (primary N) is 1. The van der Waals surface area contributed by atoms with Crippen LogP contribution in [0.5, 0.6) is 0 Å². The molecule has 0 saturated carbocycles. The van der Waals surface area contributed by atoms with E-state index in [2.05, 4.69) is 30.2 Å². The predicted molar refractivity (Wildman–Crippen MR) is 98.9 cm³/mol. The first kappa shape index (κ1) is 16.9. The first-order valence-corrected chi connectivity index (χ1v) is 8.27. The van der Waals surface area contributed by atoms with Crippen molar-refractivity contribution in [1.29, 1.82) is 0 Å². The van der Waals surface area contributed by atoms with Crippen LogP contribution in [0.4, 0.5) is 22.0 Å². The minimum absolute atomic E-state index is 0.152. The van der Waals surface area contributed by atoms with Crippen LogP contribution in [0.25, 0.3) is 11.0 Å². The topological polar surface area (TPSA) is 112 Å². The molecule has 0 bridgehead atoms. The maximum atomic E-state index is 13.2. The molecule has 0 aliphatic heterocycles. The molecule has 4 rings (SSSR count). The summed E-state index contributed by atoms with van der Waals surface area (Å²) in [5, 5.41) is 3.99. The smallest absolute Gasteiger partial charge is 0.224 e. The van der Waals surface area contributed by atoms with Gasteiger partial charge in [0, 0.05) is 32.4 Å². The summed E-state index contributed by atoms with van der Waals surface area (Å²) in [5.41, 5.74) is 7.47. The summed E-state index contributed by atoms with van der Waals surface area (Å²) in [5.74, 6) is 1.16. The van der Waals surface area contributed by atoms with Crippen molar-refractivity contribution in [2.45, 2.75) is 12.8 Å². The molecular formula is C17H18FN9. The van der Waals surface area contributed by atoms with Gasteiger partial charge in [-0.25, -0.2) is 19.3 Å². The van der Waals surface area contributed by atoms with Crippen molar-refractivity contribution in [3.05, 3.63) is 48.3 Å². The normalized spacial score (nSPS) is 12.4. The lowest BCUT2D eigenvalue weighted by atomic mass is 10.0. The maximum absolute atomic E-state index is 13.2. The fraction of sp³-hybridized carbons (Fsp3) is 0.235. The lowest BCUT2D eigenvalue weighted by molar-refractivity contribution is 0.606. The van der Waals surface area contributed by atoms with Gasteiger partial charge in [-0.15, -0.1) is 0 Å². The Bertz CT molecular complexity index is 1110. The van der Waals surface area contributed by atoms with E-state index in [0.29, 0.717) is 23.1 Å². The number of hydrogen-bond acceptors (Lipinski definition) is 7. The van der Waals surface area contributed by atoms with Crippen LogP contribution in [0.1, 0.15) is 24.2 Å². The third-order valence-corrected chi connectivity index (χ3v) is 4.31. The van der Waals surface area contributed by atoms with E-state index in [9.17, 15) is 4.39 Å². The summed E-state index contributed by atoms with van der Waals surface area (Å²) in [6.07, 6.45) is 7.76. The van der Waals surface area contributed by atoms with Gasteiger partial charge in [-0.2, -0.15) is 9.97 Å². The van der Waals surface area contributed by atoms with Crippen molar-refractivity contribution in [1.82, 2.24) is 34.1 Å². The SMILES string of the molecule is C[C@@H](c1ncc(F)cn1)c1cn(C)c2nc(N)nc(Nc3cn(C)cn3)c12. The number of nitrogens with zero attached hydrogens (tertiary/aromatic N) is 7. The van der Waals surface area contributed by atoms with Gasteiger partial charge in [-0.1, -0.05) is 6.92 Å². The van der Waals surface area contributed by atoms with Crippen LogP contribution in [-0.4, -0.2) is 34.1 Å². The largest absolute Gasteiger partial charge is 0.368 e. The van der Waals surface area contributed by atoms with Gasteiger partial charge in [0.25, 0.3) is 0 Å². The molecule has 0 fully saturated rings. The summed E-state index contributed by atoms with van der Waals surface area (Å²) >= 11 is 0. The average molecular weight is 367 g/mol. The number of rotatable bonds is 4. The van der Waals surface area contributed by atoms with E-state index in [0.717, 1.165) is 23.3 Å². The standard InChI is InChI=1S/C17H18FN9/c1-9(14-20-4-10(18)5-21-14)11-6-27(3)16-13(11)15(24-17(19)25-16)23-12-7-26(2)8-22-12/h4-9H,1-3H3,(H3,19,23,24,25)/t9-/m1/s1. The van der Waals surface area contributed by atoms with E-state index in [1.54, 1.807) is 6.33 Å². The molecule has 0 aromatic carbocycles. The highest BCUT2D eigenvalue weighted by Crippen LogP contribution is 2.34. The monoisotopic (exact) mass is 367 g/mol. The first-order valence-electron chi connectivity index (χ1n) is 8.27. The Morgan fingerprint density at radius 2 is 1.85 bits per heavy atom. The van der Waals surface area contributed by atoms with Gasteiger partial charge in [-0.05, 0) is 5.56 Å².